The minimum Gasteiger partial charge on any atom is -0.507 e. The lowest BCUT2D eigenvalue weighted by Crippen LogP contribution is -1.95. The summed E-state index contributed by atoms with van der Waals surface area (Å²) < 4.78 is 0.782. The average Bonchev–Trinajstić information content (AvgIpc) is 2.35. The van der Waals surface area contributed by atoms with Gasteiger partial charge >= 0.3 is 5.97 Å². The van der Waals surface area contributed by atoms with Crippen LogP contribution in [0.25, 0.3) is 11.1 Å². The molecule has 2 rings (SSSR count). The number of aromatic carboxylic acids is 1. The molecule has 0 aromatic heterocycles. The van der Waals surface area contributed by atoms with E-state index < -0.39 is 5.97 Å². The lowest BCUT2D eigenvalue weighted by molar-refractivity contribution is 0.0697. The molecule has 18 heavy (non-hydrogen) atoms. The molecule has 0 atom stereocenters. The molecule has 0 fully saturated rings. The molecule has 0 heterocycles. The third kappa shape index (κ3) is 2.48. The van der Waals surface area contributed by atoms with E-state index in [1.54, 1.807) is 24.3 Å². The Kier molecular flexibility index (Phi) is 3.56. The number of hydrogen-bond acceptors (Lipinski definition) is 2. The van der Waals surface area contributed by atoms with Gasteiger partial charge in [-0.05, 0) is 70.5 Å². The van der Waals surface area contributed by atoms with E-state index in [0.717, 1.165) is 20.3 Å². The Morgan fingerprint density at radius 3 is 2.22 bits per heavy atom. The third-order valence-electron chi connectivity index (χ3n) is 2.72. The summed E-state index contributed by atoms with van der Waals surface area (Å²) in [4.78, 5) is 10.8. The number of hydrogen-bond donors (Lipinski definition) is 2. The number of carboxylic acids is 1. The van der Waals surface area contributed by atoms with Gasteiger partial charge in [0.15, 0.2) is 0 Å². The van der Waals surface area contributed by atoms with Crippen LogP contribution in [0.1, 0.15) is 15.9 Å². The minimum atomic E-state index is -0.932. The van der Waals surface area contributed by atoms with E-state index >= 15 is 0 Å². The second-order valence-electron chi connectivity index (χ2n) is 4.01. The van der Waals surface area contributed by atoms with Crippen LogP contribution in [0.4, 0.5) is 0 Å². The monoisotopic (exact) mass is 354 g/mol. The van der Waals surface area contributed by atoms with Crippen molar-refractivity contribution >= 4 is 28.6 Å². The molecular weight excluding hydrogens is 343 g/mol. The fourth-order valence-corrected chi connectivity index (χ4v) is 2.47. The summed E-state index contributed by atoms with van der Waals surface area (Å²) in [5.41, 5.74) is 2.97. The van der Waals surface area contributed by atoms with Crippen LogP contribution < -0.4 is 0 Å². The number of phenolic OH excluding ortho intramolecular Hbond substituents is 1. The number of carbonyl (C=O) groups is 1. The maximum absolute atomic E-state index is 10.8. The van der Waals surface area contributed by atoms with E-state index in [1.807, 2.05) is 19.1 Å². The molecule has 0 radical (unpaired) electrons. The van der Waals surface area contributed by atoms with Crippen molar-refractivity contribution in [3.05, 3.63) is 51.1 Å². The van der Waals surface area contributed by atoms with Gasteiger partial charge < -0.3 is 10.2 Å². The molecule has 2 N–H and O–H groups in total. The van der Waals surface area contributed by atoms with Crippen LogP contribution in [0.5, 0.6) is 5.75 Å². The molecule has 4 heteroatoms. The first-order chi connectivity index (χ1) is 8.49. The Labute approximate surface area is 118 Å². The van der Waals surface area contributed by atoms with Gasteiger partial charge in [-0.25, -0.2) is 4.79 Å². The molecule has 2 aromatic rings. The maximum atomic E-state index is 10.8. The van der Waals surface area contributed by atoms with E-state index in [9.17, 15) is 9.90 Å². The first kappa shape index (κ1) is 12.9. The van der Waals surface area contributed by atoms with Crippen LogP contribution in [-0.2, 0) is 0 Å². The van der Waals surface area contributed by atoms with Crippen LogP contribution in [-0.4, -0.2) is 16.2 Å². The number of phenols is 1. The number of carboxylic acid groups (broad SMARTS) is 1. The van der Waals surface area contributed by atoms with Crippen LogP contribution in [0.2, 0.25) is 0 Å². The Hall–Kier alpha value is -1.56. The molecule has 0 aliphatic carbocycles. The Morgan fingerprint density at radius 2 is 1.72 bits per heavy atom. The van der Waals surface area contributed by atoms with Crippen molar-refractivity contribution < 1.29 is 15.0 Å². The predicted molar refractivity (Wildman–Crippen MR) is 78.0 cm³/mol. The summed E-state index contributed by atoms with van der Waals surface area (Å²) in [5.74, 6) is -0.639. The van der Waals surface area contributed by atoms with E-state index in [4.69, 9.17) is 5.11 Å². The summed E-state index contributed by atoms with van der Waals surface area (Å²) in [6.07, 6.45) is 0. The van der Waals surface area contributed by atoms with Gasteiger partial charge in [0.2, 0.25) is 0 Å². The van der Waals surface area contributed by atoms with E-state index in [2.05, 4.69) is 22.6 Å². The molecule has 0 aliphatic heterocycles. The Balaban J connectivity index is 2.46. The molecule has 0 spiro atoms. The van der Waals surface area contributed by atoms with Gasteiger partial charge in [0, 0.05) is 0 Å². The minimum absolute atomic E-state index is 0.268. The van der Waals surface area contributed by atoms with E-state index in [1.165, 1.54) is 0 Å². The van der Waals surface area contributed by atoms with Crippen LogP contribution in [0.15, 0.2) is 36.4 Å². The van der Waals surface area contributed by atoms with Gasteiger partial charge in [0.25, 0.3) is 0 Å². The Morgan fingerprint density at radius 1 is 1.11 bits per heavy atom. The van der Waals surface area contributed by atoms with Crippen molar-refractivity contribution in [1.82, 2.24) is 0 Å². The third-order valence-corrected chi connectivity index (χ3v) is 3.54. The van der Waals surface area contributed by atoms with Crippen LogP contribution >= 0.6 is 22.6 Å². The molecule has 3 nitrogen and oxygen atoms in total. The highest BCUT2D eigenvalue weighted by Crippen LogP contribution is 2.30. The zero-order chi connectivity index (χ0) is 13.3. The molecule has 0 aliphatic rings. The summed E-state index contributed by atoms with van der Waals surface area (Å²) in [5, 5.41) is 18.5. The second kappa shape index (κ2) is 4.97. The van der Waals surface area contributed by atoms with Crippen molar-refractivity contribution in [2.75, 3.05) is 0 Å². The average molecular weight is 354 g/mol. The number of benzene rings is 2. The van der Waals surface area contributed by atoms with Gasteiger partial charge in [0.05, 0.1) is 9.13 Å². The predicted octanol–water partition coefficient (Wildman–Crippen LogP) is 3.67. The summed E-state index contributed by atoms with van der Waals surface area (Å²) >= 11 is 2.08. The molecule has 0 unspecified atom stereocenters. The van der Waals surface area contributed by atoms with Gasteiger partial charge in [-0.1, -0.05) is 12.1 Å². The van der Waals surface area contributed by atoms with Crippen LogP contribution in [0, 0.1) is 10.5 Å². The van der Waals surface area contributed by atoms with Crippen molar-refractivity contribution in [1.29, 1.82) is 0 Å². The van der Waals surface area contributed by atoms with E-state index in [0.29, 0.717) is 5.75 Å². The first-order valence-electron chi connectivity index (χ1n) is 5.32. The zero-order valence-electron chi connectivity index (χ0n) is 9.64. The fourth-order valence-electron chi connectivity index (χ4n) is 1.71. The number of aryl methyl sites for hydroxylation is 1. The van der Waals surface area contributed by atoms with Crippen molar-refractivity contribution in [2.24, 2.45) is 0 Å². The van der Waals surface area contributed by atoms with Gasteiger partial charge in [0.1, 0.15) is 5.75 Å². The highest BCUT2D eigenvalue weighted by atomic mass is 127. The molecule has 0 bridgehead atoms. The quantitative estimate of drug-likeness (QED) is 0.810. The first-order valence-corrected chi connectivity index (χ1v) is 6.40. The zero-order valence-corrected chi connectivity index (χ0v) is 11.8. The largest absolute Gasteiger partial charge is 0.507 e. The summed E-state index contributed by atoms with van der Waals surface area (Å²) in [6.45, 7) is 1.84. The normalized spacial score (nSPS) is 10.3. The molecule has 0 amide bonds. The van der Waals surface area contributed by atoms with Crippen molar-refractivity contribution in [3.63, 3.8) is 0 Å². The lowest BCUT2D eigenvalue weighted by Gasteiger charge is -2.07. The van der Waals surface area contributed by atoms with Crippen molar-refractivity contribution in [3.8, 4) is 16.9 Å². The standard InChI is InChI=1S/C14H11IO3/c1-8-6-11(7-12(15)13(8)16)9-2-4-10(5-3-9)14(17)18/h2-7,16H,1H3,(H,17,18). The molecular formula is C14H11IO3. The van der Waals surface area contributed by atoms with Gasteiger partial charge in [-0.2, -0.15) is 0 Å². The number of halogens is 1. The Bertz CT molecular complexity index is 580. The topological polar surface area (TPSA) is 57.5 Å². The highest BCUT2D eigenvalue weighted by Gasteiger charge is 2.07. The summed E-state index contributed by atoms with van der Waals surface area (Å²) in [6, 6.07) is 10.4. The molecule has 92 valence electrons. The number of rotatable bonds is 2. The maximum Gasteiger partial charge on any atom is 0.335 e. The van der Waals surface area contributed by atoms with Crippen molar-refractivity contribution in [2.45, 2.75) is 6.92 Å². The van der Waals surface area contributed by atoms with Crippen LogP contribution in [0.3, 0.4) is 0 Å². The summed E-state index contributed by atoms with van der Waals surface area (Å²) in [7, 11) is 0. The lowest BCUT2D eigenvalue weighted by atomic mass is 10.0. The molecule has 2 aromatic carbocycles. The molecule has 0 saturated carbocycles. The van der Waals surface area contributed by atoms with Gasteiger partial charge in [-0.15, -0.1) is 0 Å². The fraction of sp³-hybridized carbons (Fsp3) is 0.0714. The van der Waals surface area contributed by atoms with E-state index in [-0.39, 0.29) is 5.56 Å². The second-order valence-corrected chi connectivity index (χ2v) is 5.17. The number of aromatic hydroxyl groups is 1. The SMILES string of the molecule is Cc1cc(-c2ccc(C(=O)O)cc2)cc(I)c1O. The molecule has 0 saturated heterocycles. The smallest absolute Gasteiger partial charge is 0.335 e. The van der Waals surface area contributed by atoms with Gasteiger partial charge in [-0.3, -0.25) is 0 Å². The highest BCUT2D eigenvalue weighted by molar-refractivity contribution is 14.1.